The zero-order valence-corrected chi connectivity index (χ0v) is 16.2. The van der Waals surface area contributed by atoms with Gasteiger partial charge in [0.05, 0.1) is 22.6 Å². The highest BCUT2D eigenvalue weighted by atomic mass is 32.2. The van der Waals surface area contributed by atoms with Crippen LogP contribution in [0.4, 0.5) is 5.69 Å². The molecule has 1 fully saturated rings. The second-order valence-corrected chi connectivity index (χ2v) is 8.68. The van der Waals surface area contributed by atoms with Crippen LogP contribution in [0.1, 0.15) is 35.2 Å². The van der Waals surface area contributed by atoms with Gasteiger partial charge in [-0.2, -0.15) is 4.31 Å². The molecule has 3 N–H and O–H groups in total. The summed E-state index contributed by atoms with van der Waals surface area (Å²) in [6.07, 6.45) is 2.87. The van der Waals surface area contributed by atoms with Gasteiger partial charge >= 0.3 is 0 Å². The number of nitrogens with one attached hydrogen (secondary N) is 1. The molecular formula is C20H23N3O4S. The number of piperidine rings is 1. The summed E-state index contributed by atoms with van der Waals surface area (Å²) in [5, 5.41) is 2.67. The lowest BCUT2D eigenvalue weighted by Gasteiger charge is -2.25. The summed E-state index contributed by atoms with van der Waals surface area (Å²) >= 11 is 0. The smallest absolute Gasteiger partial charge is 0.250 e. The number of hydrogen-bond acceptors (Lipinski definition) is 4. The Morgan fingerprint density at radius 2 is 1.61 bits per heavy atom. The highest BCUT2D eigenvalue weighted by Crippen LogP contribution is 2.21. The Bertz CT molecular complexity index is 965. The van der Waals surface area contributed by atoms with Crippen molar-refractivity contribution in [2.45, 2.75) is 30.6 Å². The highest BCUT2D eigenvalue weighted by Gasteiger charge is 2.25. The number of anilines is 1. The number of amides is 2. The van der Waals surface area contributed by atoms with E-state index in [0.717, 1.165) is 19.3 Å². The van der Waals surface area contributed by atoms with Crippen molar-refractivity contribution < 1.29 is 18.0 Å². The fourth-order valence-electron chi connectivity index (χ4n) is 3.22. The van der Waals surface area contributed by atoms with Gasteiger partial charge in [0.15, 0.2) is 0 Å². The molecule has 2 amide bonds. The molecule has 0 bridgehead atoms. The number of carbonyl (C=O) groups is 2. The summed E-state index contributed by atoms with van der Waals surface area (Å²) in [6, 6.07) is 12.8. The molecule has 1 saturated heterocycles. The third kappa shape index (κ3) is 4.58. The van der Waals surface area contributed by atoms with Crippen LogP contribution in [0.3, 0.4) is 0 Å². The molecular weight excluding hydrogens is 378 g/mol. The Morgan fingerprint density at radius 3 is 2.25 bits per heavy atom. The van der Waals surface area contributed by atoms with Gasteiger partial charge in [-0.15, -0.1) is 0 Å². The third-order valence-corrected chi connectivity index (χ3v) is 6.62. The Morgan fingerprint density at radius 1 is 0.964 bits per heavy atom. The van der Waals surface area contributed by atoms with Crippen LogP contribution < -0.4 is 11.1 Å². The maximum Gasteiger partial charge on any atom is 0.250 e. The van der Waals surface area contributed by atoms with Crippen molar-refractivity contribution in [3.05, 3.63) is 59.7 Å². The fraction of sp³-hybridized carbons (Fsp3) is 0.300. The van der Waals surface area contributed by atoms with Gasteiger partial charge in [-0.05, 0) is 42.7 Å². The summed E-state index contributed by atoms with van der Waals surface area (Å²) in [5.74, 6) is -0.941. The van der Waals surface area contributed by atoms with Crippen LogP contribution in [-0.4, -0.2) is 37.6 Å². The van der Waals surface area contributed by atoms with E-state index in [2.05, 4.69) is 5.32 Å². The van der Waals surface area contributed by atoms with E-state index >= 15 is 0 Å². The maximum absolute atomic E-state index is 12.7. The minimum atomic E-state index is -3.49. The van der Waals surface area contributed by atoms with Crippen molar-refractivity contribution in [2.75, 3.05) is 18.4 Å². The average molecular weight is 401 g/mol. The molecule has 2 aromatic rings. The van der Waals surface area contributed by atoms with Crippen LogP contribution in [0.5, 0.6) is 0 Å². The quantitative estimate of drug-likeness (QED) is 0.773. The molecule has 2 aromatic carbocycles. The van der Waals surface area contributed by atoms with Crippen LogP contribution in [0, 0.1) is 0 Å². The van der Waals surface area contributed by atoms with E-state index in [4.69, 9.17) is 5.73 Å². The first-order chi connectivity index (χ1) is 13.4. The van der Waals surface area contributed by atoms with Crippen molar-refractivity contribution in [3.8, 4) is 0 Å². The molecule has 1 aliphatic rings. The molecule has 1 aliphatic heterocycles. The van der Waals surface area contributed by atoms with Gasteiger partial charge in [0, 0.05) is 13.1 Å². The van der Waals surface area contributed by atoms with Crippen molar-refractivity contribution in [2.24, 2.45) is 5.73 Å². The van der Waals surface area contributed by atoms with Crippen LogP contribution in [0.25, 0.3) is 0 Å². The van der Waals surface area contributed by atoms with Gasteiger partial charge in [0.2, 0.25) is 15.9 Å². The molecule has 0 atom stereocenters. The van der Waals surface area contributed by atoms with Crippen molar-refractivity contribution in [3.63, 3.8) is 0 Å². The lowest BCUT2D eigenvalue weighted by molar-refractivity contribution is -0.115. The van der Waals surface area contributed by atoms with Crippen molar-refractivity contribution in [1.29, 1.82) is 0 Å². The first-order valence-corrected chi connectivity index (χ1v) is 10.6. The standard InChI is InChI=1S/C20H23N3O4S/c21-20(25)17-6-2-3-7-18(17)22-19(24)14-15-8-10-16(11-9-15)28(26,27)23-12-4-1-5-13-23/h2-3,6-11H,1,4-5,12-14H2,(H2,21,25)(H,22,24). The van der Waals surface area contributed by atoms with Gasteiger partial charge < -0.3 is 11.1 Å². The lowest BCUT2D eigenvalue weighted by Crippen LogP contribution is -2.35. The van der Waals surface area contributed by atoms with Crippen molar-refractivity contribution >= 4 is 27.5 Å². The Balaban J connectivity index is 1.67. The van der Waals surface area contributed by atoms with E-state index in [1.807, 2.05) is 0 Å². The van der Waals surface area contributed by atoms with E-state index in [9.17, 15) is 18.0 Å². The Kier molecular flexibility index (Phi) is 6.11. The number of primary amides is 1. The summed E-state index contributed by atoms with van der Waals surface area (Å²) in [7, 11) is -3.49. The van der Waals surface area contributed by atoms with E-state index in [1.165, 1.54) is 22.5 Å². The zero-order valence-electron chi connectivity index (χ0n) is 15.4. The molecule has 7 nitrogen and oxygen atoms in total. The second kappa shape index (κ2) is 8.53. The van der Waals surface area contributed by atoms with Gasteiger partial charge in [0.25, 0.3) is 5.91 Å². The number of para-hydroxylation sites is 1. The zero-order chi connectivity index (χ0) is 20.1. The molecule has 3 rings (SSSR count). The maximum atomic E-state index is 12.7. The topological polar surface area (TPSA) is 110 Å². The molecule has 0 spiro atoms. The van der Waals surface area contributed by atoms with Gasteiger partial charge in [-0.3, -0.25) is 9.59 Å². The predicted molar refractivity (Wildman–Crippen MR) is 106 cm³/mol. The molecule has 0 radical (unpaired) electrons. The lowest BCUT2D eigenvalue weighted by atomic mass is 10.1. The van der Waals surface area contributed by atoms with Crippen LogP contribution in [0.2, 0.25) is 0 Å². The Labute approximate surface area is 164 Å². The first kappa shape index (κ1) is 20.0. The van der Waals surface area contributed by atoms with E-state index < -0.39 is 15.9 Å². The van der Waals surface area contributed by atoms with Crippen molar-refractivity contribution in [1.82, 2.24) is 4.31 Å². The number of nitrogens with zero attached hydrogens (tertiary/aromatic N) is 1. The number of rotatable bonds is 6. The van der Waals surface area contributed by atoms with Crippen LogP contribution >= 0.6 is 0 Å². The highest BCUT2D eigenvalue weighted by molar-refractivity contribution is 7.89. The molecule has 1 heterocycles. The van der Waals surface area contributed by atoms with Crippen LogP contribution in [-0.2, 0) is 21.2 Å². The molecule has 0 aromatic heterocycles. The summed E-state index contributed by atoms with van der Waals surface area (Å²) < 4.78 is 26.8. The van der Waals surface area contributed by atoms with E-state index in [-0.39, 0.29) is 22.8 Å². The SMILES string of the molecule is NC(=O)c1ccccc1NC(=O)Cc1ccc(S(=O)(=O)N2CCCCC2)cc1. The fourth-order valence-corrected chi connectivity index (χ4v) is 4.74. The number of carbonyl (C=O) groups excluding carboxylic acids is 2. The van der Waals surface area contributed by atoms with Gasteiger partial charge in [0.1, 0.15) is 0 Å². The Hall–Kier alpha value is -2.71. The average Bonchev–Trinajstić information content (AvgIpc) is 2.69. The first-order valence-electron chi connectivity index (χ1n) is 9.16. The third-order valence-electron chi connectivity index (χ3n) is 4.71. The van der Waals surface area contributed by atoms with E-state index in [0.29, 0.717) is 24.3 Å². The molecule has 8 heteroatoms. The summed E-state index contributed by atoms with van der Waals surface area (Å²) in [6.45, 7) is 1.09. The largest absolute Gasteiger partial charge is 0.366 e. The summed E-state index contributed by atoms with van der Waals surface area (Å²) in [5.41, 5.74) is 6.57. The predicted octanol–water partition coefficient (Wildman–Crippen LogP) is 2.14. The number of benzene rings is 2. The van der Waals surface area contributed by atoms with Crippen LogP contribution in [0.15, 0.2) is 53.4 Å². The van der Waals surface area contributed by atoms with E-state index in [1.54, 1.807) is 30.3 Å². The normalized spacial score (nSPS) is 15.1. The molecule has 0 unspecified atom stereocenters. The number of nitrogens with two attached hydrogens (primary N) is 1. The summed E-state index contributed by atoms with van der Waals surface area (Å²) in [4.78, 5) is 24.0. The number of sulfonamides is 1. The minimum Gasteiger partial charge on any atom is -0.366 e. The number of hydrogen-bond donors (Lipinski definition) is 2. The molecule has 0 saturated carbocycles. The molecule has 28 heavy (non-hydrogen) atoms. The monoisotopic (exact) mass is 401 g/mol. The minimum absolute atomic E-state index is 0.0527. The molecule has 0 aliphatic carbocycles. The molecule has 148 valence electrons. The second-order valence-electron chi connectivity index (χ2n) is 6.74. The van der Waals surface area contributed by atoms with Gasteiger partial charge in [-0.25, -0.2) is 8.42 Å². The van der Waals surface area contributed by atoms with Gasteiger partial charge in [-0.1, -0.05) is 30.7 Å².